The third kappa shape index (κ3) is 2.63. The molecule has 0 unspecified atom stereocenters. The topological polar surface area (TPSA) is 12.0 Å². The van der Waals surface area contributed by atoms with Crippen molar-refractivity contribution in [2.45, 2.75) is 19.3 Å². The zero-order valence-corrected chi connectivity index (χ0v) is 16.2. The highest BCUT2D eigenvalue weighted by Crippen LogP contribution is 2.52. The lowest BCUT2D eigenvalue weighted by molar-refractivity contribution is 0.662. The first-order valence-corrected chi connectivity index (χ1v) is 9.80. The van der Waals surface area contributed by atoms with E-state index in [9.17, 15) is 0 Å². The van der Waals surface area contributed by atoms with Gasteiger partial charge in [0.25, 0.3) is 0 Å². The Labute approximate surface area is 166 Å². The summed E-state index contributed by atoms with van der Waals surface area (Å²) in [6.45, 7) is 4.68. The number of hydrogen-bond donors (Lipinski definition) is 1. The van der Waals surface area contributed by atoms with Gasteiger partial charge in [-0.15, -0.1) is 0 Å². The maximum Gasteiger partial charge on any atom is 0.0390 e. The normalized spacial score (nSPS) is 13.6. The van der Waals surface area contributed by atoms with Crippen LogP contribution >= 0.6 is 0 Å². The minimum Gasteiger partial charge on any atom is -0.356 e. The van der Waals surface area contributed by atoms with E-state index in [1.54, 1.807) is 0 Å². The molecule has 1 heteroatoms. The van der Waals surface area contributed by atoms with Crippen LogP contribution in [0.4, 0.5) is 11.4 Å². The van der Waals surface area contributed by atoms with Gasteiger partial charge in [-0.25, -0.2) is 0 Å². The average Bonchev–Trinajstić information content (AvgIpc) is 2.97. The summed E-state index contributed by atoms with van der Waals surface area (Å²) in [5, 5.41) is 3.52. The van der Waals surface area contributed by atoms with Gasteiger partial charge in [0.2, 0.25) is 0 Å². The summed E-state index contributed by atoms with van der Waals surface area (Å²) >= 11 is 0. The number of para-hydroxylation sites is 1. The highest BCUT2D eigenvalue weighted by atomic mass is 14.9. The van der Waals surface area contributed by atoms with Crippen molar-refractivity contribution in [1.29, 1.82) is 0 Å². The Hall–Kier alpha value is -3.32. The highest BCUT2D eigenvalue weighted by molar-refractivity contribution is 5.88. The second-order valence-electron chi connectivity index (χ2n) is 7.97. The van der Waals surface area contributed by atoms with Crippen LogP contribution < -0.4 is 5.32 Å². The Morgan fingerprint density at radius 2 is 1.21 bits per heavy atom. The first-order valence-electron chi connectivity index (χ1n) is 9.80. The van der Waals surface area contributed by atoms with Gasteiger partial charge < -0.3 is 5.32 Å². The number of hydrogen-bond acceptors (Lipinski definition) is 1. The molecule has 1 aliphatic rings. The predicted octanol–water partition coefficient (Wildman–Crippen LogP) is 7.40. The molecule has 5 rings (SSSR count). The molecule has 28 heavy (non-hydrogen) atoms. The van der Waals surface area contributed by atoms with Crippen molar-refractivity contribution in [2.24, 2.45) is 0 Å². The molecule has 0 saturated heterocycles. The average molecular weight is 361 g/mol. The van der Waals surface area contributed by atoms with Crippen LogP contribution in [0.3, 0.4) is 0 Å². The highest BCUT2D eigenvalue weighted by Gasteiger charge is 2.37. The third-order valence-electron chi connectivity index (χ3n) is 5.82. The van der Waals surface area contributed by atoms with Crippen LogP contribution in [0.25, 0.3) is 22.3 Å². The molecule has 0 atom stereocenters. The molecular weight excluding hydrogens is 338 g/mol. The van der Waals surface area contributed by atoms with Gasteiger partial charge >= 0.3 is 0 Å². The smallest absolute Gasteiger partial charge is 0.0390 e. The molecule has 0 aromatic heterocycles. The molecule has 0 heterocycles. The van der Waals surface area contributed by atoms with E-state index >= 15 is 0 Å². The quantitative estimate of drug-likeness (QED) is 0.401. The van der Waals surface area contributed by atoms with Gasteiger partial charge in [0.15, 0.2) is 0 Å². The van der Waals surface area contributed by atoms with Gasteiger partial charge in [-0.1, -0.05) is 86.6 Å². The maximum atomic E-state index is 3.52. The van der Waals surface area contributed by atoms with E-state index in [1.165, 1.54) is 33.4 Å². The Balaban J connectivity index is 1.62. The number of fused-ring (bicyclic) bond motifs is 3. The molecule has 0 bridgehead atoms. The van der Waals surface area contributed by atoms with E-state index in [4.69, 9.17) is 0 Å². The van der Waals surface area contributed by atoms with Crippen molar-refractivity contribution in [3.05, 3.63) is 108 Å². The first kappa shape index (κ1) is 16.8. The molecule has 4 aromatic carbocycles. The number of anilines is 2. The largest absolute Gasteiger partial charge is 0.356 e. The first-order chi connectivity index (χ1) is 13.6. The Kier molecular flexibility index (Phi) is 3.84. The lowest BCUT2D eigenvalue weighted by Gasteiger charge is -2.24. The second kappa shape index (κ2) is 6.38. The van der Waals surface area contributed by atoms with Crippen molar-refractivity contribution >= 4 is 11.4 Å². The monoisotopic (exact) mass is 361 g/mol. The Morgan fingerprint density at radius 3 is 2.07 bits per heavy atom. The number of benzene rings is 4. The Bertz CT molecular complexity index is 1160. The standard InChI is InChI=1S/C27H23N/c1-27(2)25-17-7-6-14-23(25)24-16-9-15-22(26(24)27)19-10-8-13-21(18-19)28-20-11-4-3-5-12-20/h3-18,28H,1-2H3. The van der Waals surface area contributed by atoms with Gasteiger partial charge in [-0.05, 0) is 57.6 Å². The minimum atomic E-state index is -0.00855. The van der Waals surface area contributed by atoms with Crippen molar-refractivity contribution < 1.29 is 0 Å². The fraction of sp³-hybridized carbons (Fsp3) is 0.111. The summed E-state index contributed by atoms with van der Waals surface area (Å²) in [6, 6.07) is 34.6. The van der Waals surface area contributed by atoms with Crippen LogP contribution in [0.1, 0.15) is 25.0 Å². The second-order valence-corrected chi connectivity index (χ2v) is 7.97. The molecule has 4 aromatic rings. The van der Waals surface area contributed by atoms with Crippen molar-refractivity contribution in [3.8, 4) is 22.3 Å². The molecular formula is C27H23N. The van der Waals surface area contributed by atoms with Gasteiger partial charge in [0.05, 0.1) is 0 Å². The molecule has 1 N–H and O–H groups in total. The van der Waals surface area contributed by atoms with E-state index in [0.717, 1.165) is 11.4 Å². The molecule has 1 aliphatic carbocycles. The van der Waals surface area contributed by atoms with Crippen molar-refractivity contribution in [3.63, 3.8) is 0 Å². The molecule has 136 valence electrons. The summed E-state index contributed by atoms with van der Waals surface area (Å²) in [5.74, 6) is 0. The Morgan fingerprint density at radius 1 is 0.571 bits per heavy atom. The van der Waals surface area contributed by atoms with E-state index < -0.39 is 0 Å². The van der Waals surface area contributed by atoms with Crippen LogP contribution in [-0.2, 0) is 5.41 Å². The van der Waals surface area contributed by atoms with E-state index in [1.807, 2.05) is 6.07 Å². The molecule has 0 fully saturated rings. The minimum absolute atomic E-state index is 0.00855. The van der Waals surface area contributed by atoms with Crippen molar-refractivity contribution in [2.75, 3.05) is 5.32 Å². The molecule has 0 spiro atoms. The lowest BCUT2D eigenvalue weighted by Crippen LogP contribution is -2.16. The van der Waals surface area contributed by atoms with E-state index in [0.29, 0.717) is 0 Å². The fourth-order valence-electron chi connectivity index (χ4n) is 4.54. The lowest BCUT2D eigenvalue weighted by atomic mass is 9.79. The van der Waals surface area contributed by atoms with Gasteiger partial charge in [0.1, 0.15) is 0 Å². The van der Waals surface area contributed by atoms with Crippen LogP contribution in [0.5, 0.6) is 0 Å². The number of rotatable bonds is 3. The van der Waals surface area contributed by atoms with Gasteiger partial charge in [-0.2, -0.15) is 0 Å². The summed E-state index contributed by atoms with van der Waals surface area (Å²) < 4.78 is 0. The van der Waals surface area contributed by atoms with Crippen molar-refractivity contribution in [1.82, 2.24) is 0 Å². The molecule has 1 nitrogen and oxygen atoms in total. The van der Waals surface area contributed by atoms with Gasteiger partial charge in [0, 0.05) is 16.8 Å². The molecule has 0 amide bonds. The van der Waals surface area contributed by atoms with Crippen LogP contribution in [0, 0.1) is 0 Å². The molecule has 0 saturated carbocycles. The maximum absolute atomic E-state index is 3.52. The summed E-state index contributed by atoms with van der Waals surface area (Å²) in [5.41, 5.74) is 10.3. The van der Waals surface area contributed by atoms with E-state index in [-0.39, 0.29) is 5.41 Å². The third-order valence-corrected chi connectivity index (χ3v) is 5.82. The molecule has 0 aliphatic heterocycles. The van der Waals surface area contributed by atoms with E-state index in [2.05, 4.69) is 110 Å². The summed E-state index contributed by atoms with van der Waals surface area (Å²) in [7, 11) is 0. The zero-order chi connectivity index (χ0) is 19.1. The SMILES string of the molecule is CC1(C)c2ccccc2-c2cccc(-c3cccc(Nc4ccccc4)c3)c21. The zero-order valence-electron chi connectivity index (χ0n) is 16.2. The molecule has 0 radical (unpaired) electrons. The van der Waals surface area contributed by atoms with Gasteiger partial charge in [-0.3, -0.25) is 0 Å². The van der Waals surface area contributed by atoms with Crippen LogP contribution in [0.2, 0.25) is 0 Å². The summed E-state index contributed by atoms with van der Waals surface area (Å²) in [6.07, 6.45) is 0. The number of nitrogens with one attached hydrogen (secondary N) is 1. The van der Waals surface area contributed by atoms with Crippen LogP contribution in [0.15, 0.2) is 97.1 Å². The van der Waals surface area contributed by atoms with Crippen LogP contribution in [-0.4, -0.2) is 0 Å². The summed E-state index contributed by atoms with van der Waals surface area (Å²) in [4.78, 5) is 0. The predicted molar refractivity (Wildman–Crippen MR) is 119 cm³/mol. The fourth-order valence-corrected chi connectivity index (χ4v) is 4.54.